The van der Waals surface area contributed by atoms with Gasteiger partial charge in [0.05, 0.1) is 0 Å². The molecule has 18 heavy (non-hydrogen) atoms. The summed E-state index contributed by atoms with van der Waals surface area (Å²) in [6.45, 7) is 14.8. The molecule has 0 aromatic carbocycles. The minimum atomic E-state index is 0.231. The number of hydrogen-bond donors (Lipinski definition) is 1. The van der Waals surface area contributed by atoms with Gasteiger partial charge in [-0.15, -0.1) is 11.3 Å². The maximum atomic E-state index is 3.58. The average molecular weight is 267 g/mol. The van der Waals surface area contributed by atoms with Crippen LogP contribution in [0.5, 0.6) is 0 Å². The Morgan fingerprint density at radius 1 is 1.06 bits per heavy atom. The zero-order chi connectivity index (χ0) is 13.8. The Labute approximate surface area is 117 Å². The van der Waals surface area contributed by atoms with Gasteiger partial charge in [-0.3, -0.25) is 0 Å². The predicted octanol–water partition coefficient (Wildman–Crippen LogP) is 4.66. The monoisotopic (exact) mass is 267 g/mol. The molecule has 0 aliphatic carbocycles. The first kappa shape index (κ1) is 15.7. The van der Waals surface area contributed by atoms with Crippen molar-refractivity contribution in [2.45, 2.75) is 66.3 Å². The van der Waals surface area contributed by atoms with Crippen LogP contribution in [0.4, 0.5) is 0 Å². The summed E-state index contributed by atoms with van der Waals surface area (Å²) in [7, 11) is 0. The van der Waals surface area contributed by atoms with E-state index in [1.165, 1.54) is 22.6 Å². The molecule has 1 aromatic rings. The molecule has 0 aliphatic rings. The summed E-state index contributed by atoms with van der Waals surface area (Å²) in [6.07, 6.45) is 3.59. The van der Waals surface area contributed by atoms with Crippen LogP contribution in [-0.4, -0.2) is 12.1 Å². The van der Waals surface area contributed by atoms with Gasteiger partial charge in [-0.1, -0.05) is 20.8 Å². The van der Waals surface area contributed by atoms with Crippen LogP contribution in [0.15, 0.2) is 12.1 Å². The first-order chi connectivity index (χ1) is 8.22. The van der Waals surface area contributed by atoms with Crippen molar-refractivity contribution in [3.63, 3.8) is 0 Å². The highest BCUT2D eigenvalue weighted by Gasteiger charge is 2.20. The molecule has 0 saturated heterocycles. The summed E-state index contributed by atoms with van der Waals surface area (Å²) < 4.78 is 0. The van der Waals surface area contributed by atoms with E-state index in [1.54, 1.807) is 0 Å². The summed E-state index contributed by atoms with van der Waals surface area (Å²) in [4.78, 5) is 3.04. The highest BCUT2D eigenvalue weighted by Crippen LogP contribution is 2.29. The van der Waals surface area contributed by atoms with Gasteiger partial charge in [-0.05, 0) is 64.1 Å². The fraction of sp³-hybridized carbons (Fsp3) is 0.750. The van der Waals surface area contributed by atoms with Gasteiger partial charge >= 0.3 is 0 Å². The number of hydrogen-bond acceptors (Lipinski definition) is 2. The maximum Gasteiger partial charge on any atom is 0.00965 e. The van der Waals surface area contributed by atoms with Crippen molar-refractivity contribution in [3.05, 3.63) is 21.9 Å². The van der Waals surface area contributed by atoms with Crippen molar-refractivity contribution in [2.75, 3.05) is 6.54 Å². The van der Waals surface area contributed by atoms with Crippen molar-refractivity contribution < 1.29 is 0 Å². The average Bonchev–Trinajstić information content (AvgIpc) is 2.62. The van der Waals surface area contributed by atoms with Crippen molar-refractivity contribution >= 4 is 11.3 Å². The quantitative estimate of drug-likeness (QED) is 0.790. The van der Waals surface area contributed by atoms with Crippen LogP contribution >= 0.6 is 11.3 Å². The SMILES string of the molecule is CCc1ccc(CC(C)(C)CCNC(C)(C)C)s1. The van der Waals surface area contributed by atoms with Crippen LogP contribution in [0.3, 0.4) is 0 Å². The molecule has 1 rings (SSSR count). The molecule has 1 aromatic heterocycles. The van der Waals surface area contributed by atoms with Crippen molar-refractivity contribution in [2.24, 2.45) is 5.41 Å². The number of rotatable bonds is 6. The van der Waals surface area contributed by atoms with Crippen molar-refractivity contribution in [1.82, 2.24) is 5.32 Å². The second-order valence-electron chi connectivity index (χ2n) is 6.99. The van der Waals surface area contributed by atoms with Crippen molar-refractivity contribution in [1.29, 1.82) is 0 Å². The Bertz CT molecular complexity index is 357. The fourth-order valence-electron chi connectivity index (χ4n) is 2.04. The summed E-state index contributed by atoms with van der Waals surface area (Å²) >= 11 is 1.98. The molecule has 1 heterocycles. The molecule has 0 amide bonds. The Morgan fingerprint density at radius 3 is 2.17 bits per heavy atom. The first-order valence-electron chi connectivity index (χ1n) is 7.04. The topological polar surface area (TPSA) is 12.0 Å². The Hall–Kier alpha value is -0.340. The smallest absolute Gasteiger partial charge is 0.00965 e. The molecule has 0 atom stereocenters. The number of nitrogens with one attached hydrogen (secondary N) is 1. The van der Waals surface area contributed by atoms with Gasteiger partial charge in [0.15, 0.2) is 0 Å². The number of aryl methyl sites for hydroxylation is 1. The van der Waals surface area contributed by atoms with E-state index in [0.717, 1.165) is 13.0 Å². The lowest BCUT2D eigenvalue weighted by atomic mass is 9.85. The van der Waals surface area contributed by atoms with Gasteiger partial charge in [0, 0.05) is 15.3 Å². The minimum Gasteiger partial charge on any atom is -0.312 e. The highest BCUT2D eigenvalue weighted by molar-refractivity contribution is 7.11. The van der Waals surface area contributed by atoms with Crippen LogP contribution in [0.2, 0.25) is 0 Å². The van der Waals surface area contributed by atoms with Gasteiger partial charge < -0.3 is 5.32 Å². The second-order valence-corrected chi connectivity index (χ2v) is 8.24. The molecular formula is C16H29NS. The number of thiophene rings is 1. The standard InChI is InChI=1S/C16H29NS/c1-7-13-8-9-14(18-13)12-16(5,6)10-11-17-15(2,3)4/h8-9,17H,7,10-12H2,1-6H3. The summed E-state index contributed by atoms with van der Waals surface area (Å²) in [5, 5.41) is 3.58. The molecule has 0 saturated carbocycles. The van der Waals surface area contributed by atoms with E-state index in [9.17, 15) is 0 Å². The summed E-state index contributed by atoms with van der Waals surface area (Å²) in [6, 6.07) is 4.59. The van der Waals surface area contributed by atoms with Crippen LogP contribution in [0.1, 0.15) is 57.7 Å². The van der Waals surface area contributed by atoms with Gasteiger partial charge in [-0.25, -0.2) is 0 Å². The van der Waals surface area contributed by atoms with E-state index in [2.05, 4.69) is 59.0 Å². The molecule has 0 unspecified atom stereocenters. The Balaban J connectivity index is 2.43. The summed E-state index contributed by atoms with van der Waals surface area (Å²) in [5.74, 6) is 0. The van der Waals surface area contributed by atoms with Crippen molar-refractivity contribution in [3.8, 4) is 0 Å². The Kier molecular flexibility index (Phi) is 5.42. The maximum absolute atomic E-state index is 3.58. The van der Waals surface area contributed by atoms with Gasteiger partial charge in [0.25, 0.3) is 0 Å². The van der Waals surface area contributed by atoms with E-state index in [0.29, 0.717) is 5.41 Å². The Morgan fingerprint density at radius 2 is 1.67 bits per heavy atom. The third-order valence-corrected chi connectivity index (χ3v) is 4.41. The van der Waals surface area contributed by atoms with Gasteiger partial charge in [-0.2, -0.15) is 0 Å². The first-order valence-corrected chi connectivity index (χ1v) is 7.86. The molecule has 0 radical (unpaired) electrons. The van der Waals surface area contributed by atoms with Crippen LogP contribution in [-0.2, 0) is 12.8 Å². The third kappa shape index (κ3) is 6.01. The molecule has 1 nitrogen and oxygen atoms in total. The van der Waals surface area contributed by atoms with Crippen LogP contribution in [0.25, 0.3) is 0 Å². The lowest BCUT2D eigenvalue weighted by molar-refractivity contribution is 0.304. The van der Waals surface area contributed by atoms with Gasteiger partial charge in [0.2, 0.25) is 0 Å². The van der Waals surface area contributed by atoms with E-state index in [1.807, 2.05) is 11.3 Å². The molecule has 1 N–H and O–H groups in total. The van der Waals surface area contributed by atoms with E-state index in [4.69, 9.17) is 0 Å². The molecule has 2 heteroatoms. The molecule has 0 bridgehead atoms. The third-order valence-electron chi connectivity index (χ3n) is 3.18. The molecule has 0 fully saturated rings. The lowest BCUT2D eigenvalue weighted by Crippen LogP contribution is -2.38. The highest BCUT2D eigenvalue weighted by atomic mass is 32.1. The molecule has 0 spiro atoms. The largest absolute Gasteiger partial charge is 0.312 e. The minimum absolute atomic E-state index is 0.231. The lowest BCUT2D eigenvalue weighted by Gasteiger charge is -2.27. The zero-order valence-electron chi connectivity index (χ0n) is 12.9. The normalized spacial score (nSPS) is 13.0. The van der Waals surface area contributed by atoms with E-state index in [-0.39, 0.29) is 5.54 Å². The fourth-order valence-corrected chi connectivity index (χ4v) is 3.26. The molecular weight excluding hydrogens is 238 g/mol. The second kappa shape index (κ2) is 6.21. The van der Waals surface area contributed by atoms with E-state index < -0.39 is 0 Å². The van der Waals surface area contributed by atoms with Gasteiger partial charge in [0.1, 0.15) is 0 Å². The van der Waals surface area contributed by atoms with E-state index >= 15 is 0 Å². The van der Waals surface area contributed by atoms with Crippen LogP contribution < -0.4 is 5.32 Å². The molecule has 0 aliphatic heterocycles. The molecule has 104 valence electrons. The zero-order valence-corrected chi connectivity index (χ0v) is 13.7. The predicted molar refractivity (Wildman–Crippen MR) is 83.6 cm³/mol. The summed E-state index contributed by atoms with van der Waals surface area (Å²) in [5.41, 5.74) is 0.614. The van der Waals surface area contributed by atoms with Crippen LogP contribution in [0, 0.1) is 5.41 Å².